The summed E-state index contributed by atoms with van der Waals surface area (Å²) < 4.78 is 24.9. The molecule has 2 heterocycles. The van der Waals surface area contributed by atoms with Crippen molar-refractivity contribution >= 4 is 15.9 Å². The normalized spacial score (nSPS) is 16.1. The Morgan fingerprint density at radius 2 is 1.77 bits per heavy atom. The molecule has 3 rings (SSSR count). The van der Waals surface area contributed by atoms with Crippen LogP contribution in [0.2, 0.25) is 0 Å². The van der Waals surface area contributed by atoms with Gasteiger partial charge in [0.1, 0.15) is 0 Å². The number of sulfone groups is 1. The van der Waals surface area contributed by atoms with Crippen molar-refractivity contribution in [3.63, 3.8) is 0 Å². The van der Waals surface area contributed by atoms with E-state index in [-0.39, 0.29) is 16.2 Å². The lowest BCUT2D eigenvalue weighted by atomic mass is 9.73. The number of likely N-dealkylation sites (tertiary alicyclic amines) is 1. The van der Waals surface area contributed by atoms with E-state index in [4.69, 9.17) is 5.11 Å². The highest BCUT2D eigenvalue weighted by Crippen LogP contribution is 2.38. The van der Waals surface area contributed by atoms with Crippen molar-refractivity contribution < 1.29 is 23.4 Å². The van der Waals surface area contributed by atoms with Gasteiger partial charge in [0.25, 0.3) is 0 Å². The third-order valence-electron chi connectivity index (χ3n) is 6.14. The standard InChI is InChI=1S/C21H29N3O5S/c1-14-18(15-5-7-17(8-6-15)30(4,28)29)22-24(19(14)25)13-21(2,3)16-9-11-23(12-10-16)20(26)27/h5-8,16,25H,9-13H2,1-4H3,(H,26,27). The molecule has 0 aliphatic carbocycles. The Hall–Kier alpha value is -2.55. The van der Waals surface area contributed by atoms with E-state index in [1.54, 1.807) is 35.9 Å². The molecule has 2 aromatic rings. The fourth-order valence-corrected chi connectivity index (χ4v) is 4.78. The van der Waals surface area contributed by atoms with Gasteiger partial charge in [-0.3, -0.25) is 0 Å². The van der Waals surface area contributed by atoms with E-state index in [1.807, 2.05) is 0 Å². The van der Waals surface area contributed by atoms with Crippen molar-refractivity contribution in [1.29, 1.82) is 0 Å². The second kappa shape index (κ2) is 7.94. The maximum absolute atomic E-state index is 11.7. The molecule has 1 saturated heterocycles. The van der Waals surface area contributed by atoms with Crippen LogP contribution in [0.1, 0.15) is 32.3 Å². The number of amides is 1. The zero-order valence-corrected chi connectivity index (χ0v) is 18.6. The maximum Gasteiger partial charge on any atom is 0.407 e. The number of carboxylic acid groups (broad SMARTS) is 1. The van der Waals surface area contributed by atoms with Gasteiger partial charge in [0.15, 0.2) is 9.84 Å². The summed E-state index contributed by atoms with van der Waals surface area (Å²) in [6.45, 7) is 7.56. The summed E-state index contributed by atoms with van der Waals surface area (Å²) in [4.78, 5) is 12.8. The van der Waals surface area contributed by atoms with Crippen molar-refractivity contribution in [3.05, 3.63) is 29.8 Å². The third-order valence-corrected chi connectivity index (χ3v) is 7.27. The van der Waals surface area contributed by atoms with Gasteiger partial charge in [0.2, 0.25) is 5.88 Å². The molecule has 0 saturated carbocycles. The van der Waals surface area contributed by atoms with E-state index in [9.17, 15) is 18.3 Å². The molecule has 0 atom stereocenters. The van der Waals surface area contributed by atoms with Crippen molar-refractivity contribution in [1.82, 2.24) is 14.7 Å². The minimum atomic E-state index is -3.28. The summed E-state index contributed by atoms with van der Waals surface area (Å²) >= 11 is 0. The van der Waals surface area contributed by atoms with Crippen LogP contribution in [0.25, 0.3) is 11.3 Å². The molecule has 1 aliphatic heterocycles. The molecular weight excluding hydrogens is 406 g/mol. The Labute approximate surface area is 177 Å². The molecule has 8 nitrogen and oxygen atoms in total. The first-order chi connectivity index (χ1) is 13.9. The quantitative estimate of drug-likeness (QED) is 0.744. The lowest BCUT2D eigenvalue weighted by molar-refractivity contribution is 0.0760. The number of aromatic hydroxyl groups is 1. The lowest BCUT2D eigenvalue weighted by Gasteiger charge is -2.39. The summed E-state index contributed by atoms with van der Waals surface area (Å²) in [6.07, 6.45) is 1.84. The predicted octanol–water partition coefficient (Wildman–Crippen LogP) is 3.38. The van der Waals surface area contributed by atoms with Crippen molar-refractivity contribution in [2.75, 3.05) is 19.3 Å². The molecule has 1 aromatic heterocycles. The van der Waals surface area contributed by atoms with Crippen LogP contribution in [0, 0.1) is 18.3 Å². The molecular formula is C21H29N3O5S. The van der Waals surface area contributed by atoms with Gasteiger partial charge in [-0.2, -0.15) is 5.10 Å². The Kier molecular flexibility index (Phi) is 5.86. The minimum Gasteiger partial charge on any atom is -0.493 e. The van der Waals surface area contributed by atoms with Crippen molar-refractivity contribution in [2.24, 2.45) is 11.3 Å². The molecule has 164 valence electrons. The van der Waals surface area contributed by atoms with Gasteiger partial charge in [0, 0.05) is 30.5 Å². The molecule has 9 heteroatoms. The number of carbonyl (C=O) groups is 1. The topological polar surface area (TPSA) is 113 Å². The summed E-state index contributed by atoms with van der Waals surface area (Å²) in [5, 5.41) is 24.4. The molecule has 0 unspecified atom stereocenters. The fraction of sp³-hybridized carbons (Fsp3) is 0.524. The van der Waals surface area contributed by atoms with E-state index in [0.717, 1.165) is 24.7 Å². The zero-order chi connectivity index (χ0) is 22.3. The Morgan fingerprint density at radius 1 is 1.20 bits per heavy atom. The Balaban J connectivity index is 1.80. The first-order valence-corrected chi connectivity index (χ1v) is 11.8. The van der Waals surface area contributed by atoms with Crippen LogP contribution in [0.5, 0.6) is 5.88 Å². The number of hydrogen-bond donors (Lipinski definition) is 2. The summed E-state index contributed by atoms with van der Waals surface area (Å²) in [5.74, 6) is 0.405. The minimum absolute atomic E-state index is 0.0910. The molecule has 1 aromatic carbocycles. The monoisotopic (exact) mass is 435 g/mol. The summed E-state index contributed by atoms with van der Waals surface area (Å²) in [5.41, 5.74) is 1.81. The molecule has 1 amide bonds. The number of piperidine rings is 1. The average molecular weight is 436 g/mol. The lowest BCUT2D eigenvalue weighted by Crippen LogP contribution is -2.42. The van der Waals surface area contributed by atoms with E-state index >= 15 is 0 Å². The second-order valence-corrected chi connectivity index (χ2v) is 10.8. The summed E-state index contributed by atoms with van der Waals surface area (Å²) in [7, 11) is -3.28. The number of nitrogens with zero attached hydrogens (tertiary/aromatic N) is 3. The van der Waals surface area contributed by atoms with Gasteiger partial charge in [-0.1, -0.05) is 26.0 Å². The highest BCUT2D eigenvalue weighted by Gasteiger charge is 2.35. The van der Waals surface area contributed by atoms with Crippen LogP contribution in [0.15, 0.2) is 29.2 Å². The van der Waals surface area contributed by atoms with Crippen LogP contribution >= 0.6 is 0 Å². The number of rotatable bonds is 5. The molecule has 30 heavy (non-hydrogen) atoms. The van der Waals surface area contributed by atoms with Gasteiger partial charge in [0.05, 0.1) is 17.1 Å². The van der Waals surface area contributed by atoms with Gasteiger partial charge < -0.3 is 15.1 Å². The van der Waals surface area contributed by atoms with Crippen LogP contribution in [0.3, 0.4) is 0 Å². The SMILES string of the molecule is Cc1c(-c2ccc(S(C)(=O)=O)cc2)nn(CC(C)(C)C2CCN(C(=O)O)CC2)c1O. The van der Waals surface area contributed by atoms with Gasteiger partial charge in [-0.15, -0.1) is 0 Å². The van der Waals surface area contributed by atoms with E-state index < -0.39 is 15.9 Å². The number of aromatic nitrogens is 2. The van der Waals surface area contributed by atoms with Gasteiger partial charge >= 0.3 is 6.09 Å². The molecule has 1 fully saturated rings. The van der Waals surface area contributed by atoms with Gasteiger partial charge in [-0.05, 0) is 43.2 Å². The second-order valence-electron chi connectivity index (χ2n) is 8.78. The van der Waals surface area contributed by atoms with Crippen LogP contribution < -0.4 is 0 Å². The van der Waals surface area contributed by atoms with Gasteiger partial charge in [-0.25, -0.2) is 17.9 Å². The fourth-order valence-electron chi connectivity index (χ4n) is 4.15. The Bertz CT molecular complexity index is 1030. The predicted molar refractivity (Wildman–Crippen MR) is 113 cm³/mol. The van der Waals surface area contributed by atoms with E-state index in [2.05, 4.69) is 18.9 Å². The molecule has 0 bridgehead atoms. The highest BCUT2D eigenvalue weighted by molar-refractivity contribution is 7.90. The molecule has 2 N–H and O–H groups in total. The van der Waals surface area contributed by atoms with Crippen LogP contribution in [-0.2, 0) is 16.4 Å². The van der Waals surface area contributed by atoms with Crippen molar-refractivity contribution in [3.8, 4) is 17.1 Å². The smallest absolute Gasteiger partial charge is 0.407 e. The molecule has 1 aliphatic rings. The largest absolute Gasteiger partial charge is 0.493 e. The molecule has 0 spiro atoms. The summed E-state index contributed by atoms with van der Waals surface area (Å²) in [6, 6.07) is 6.48. The first kappa shape index (κ1) is 22.1. The third kappa shape index (κ3) is 4.45. The highest BCUT2D eigenvalue weighted by atomic mass is 32.2. The van der Waals surface area contributed by atoms with E-state index in [0.29, 0.717) is 36.8 Å². The van der Waals surface area contributed by atoms with Crippen LogP contribution in [0.4, 0.5) is 4.79 Å². The maximum atomic E-state index is 11.7. The number of hydrogen-bond acceptors (Lipinski definition) is 5. The number of benzene rings is 1. The van der Waals surface area contributed by atoms with Crippen molar-refractivity contribution in [2.45, 2.75) is 45.1 Å². The van der Waals surface area contributed by atoms with Crippen LogP contribution in [-0.4, -0.2) is 58.7 Å². The average Bonchev–Trinajstić information content (AvgIpc) is 2.95. The first-order valence-electron chi connectivity index (χ1n) is 9.95. The zero-order valence-electron chi connectivity index (χ0n) is 17.8. The van der Waals surface area contributed by atoms with E-state index in [1.165, 1.54) is 4.90 Å². The Morgan fingerprint density at radius 3 is 2.27 bits per heavy atom. The molecule has 0 radical (unpaired) electrons.